The summed E-state index contributed by atoms with van der Waals surface area (Å²) in [5, 5.41) is 12.9. The van der Waals surface area contributed by atoms with Gasteiger partial charge in [-0.05, 0) is 108 Å². The highest BCUT2D eigenvalue weighted by Crippen LogP contribution is 2.32. The van der Waals surface area contributed by atoms with E-state index in [1.165, 1.54) is 6.33 Å². The number of nitriles is 1. The summed E-state index contributed by atoms with van der Waals surface area (Å²) >= 11 is 0. The minimum Gasteiger partial charge on any atom is -0.457 e. The fraction of sp³-hybridized carbons (Fsp3) is 0.382. The zero-order valence-electron chi connectivity index (χ0n) is 25.6. The van der Waals surface area contributed by atoms with E-state index in [2.05, 4.69) is 26.3 Å². The molecule has 2 aromatic carbocycles. The third kappa shape index (κ3) is 6.19. The van der Waals surface area contributed by atoms with Gasteiger partial charge >= 0.3 is 5.69 Å². The maximum atomic E-state index is 14.0. The lowest BCUT2D eigenvalue weighted by Gasteiger charge is -2.33. The summed E-state index contributed by atoms with van der Waals surface area (Å²) in [6.45, 7) is 6.03. The summed E-state index contributed by atoms with van der Waals surface area (Å²) in [5.74, 6) is 1.23. The maximum Gasteiger partial charge on any atom is 0.335 e. The Balaban J connectivity index is 1.19. The second-order valence-electron chi connectivity index (χ2n) is 12.3. The fourth-order valence-corrected chi connectivity index (χ4v) is 6.55. The number of para-hydroxylation sites is 1. The summed E-state index contributed by atoms with van der Waals surface area (Å²) in [6.07, 6.45) is 8.06. The second kappa shape index (κ2) is 12.6. The van der Waals surface area contributed by atoms with E-state index < -0.39 is 0 Å². The van der Waals surface area contributed by atoms with Crippen LogP contribution in [0.15, 0.2) is 77.4 Å². The first-order chi connectivity index (χ1) is 21.7. The van der Waals surface area contributed by atoms with E-state index in [1.54, 1.807) is 15.2 Å². The number of benzene rings is 2. The van der Waals surface area contributed by atoms with Gasteiger partial charge in [-0.3, -0.25) is 18.8 Å². The molecule has 0 unspecified atom stereocenters. The quantitative estimate of drug-likeness (QED) is 0.213. The molecular weight excluding hydrogens is 568 g/mol. The summed E-state index contributed by atoms with van der Waals surface area (Å²) in [5.41, 5.74) is 7.39. The number of rotatable bonds is 8. The molecule has 1 saturated heterocycles. The van der Waals surface area contributed by atoms with Crippen LogP contribution in [0.1, 0.15) is 58.4 Å². The van der Waals surface area contributed by atoms with Crippen LogP contribution >= 0.6 is 0 Å². The molecule has 0 spiro atoms. The Morgan fingerprint density at radius 3 is 2.36 bits per heavy atom. The lowest BCUT2D eigenvalue weighted by Crippen LogP contribution is -2.42. The molecule has 1 aliphatic carbocycles. The summed E-state index contributed by atoms with van der Waals surface area (Å²) in [6, 6.07) is 18.6. The van der Waals surface area contributed by atoms with Gasteiger partial charge < -0.3 is 15.8 Å². The number of imidazole rings is 1. The van der Waals surface area contributed by atoms with Crippen LogP contribution in [0.2, 0.25) is 0 Å². The Bertz CT molecular complexity index is 1800. The average molecular weight is 607 g/mol. The number of amides is 1. The van der Waals surface area contributed by atoms with Crippen LogP contribution in [-0.2, 0) is 4.79 Å². The predicted octanol–water partition coefficient (Wildman–Crippen LogP) is 4.88. The largest absolute Gasteiger partial charge is 0.457 e. The van der Waals surface area contributed by atoms with E-state index in [0.29, 0.717) is 54.0 Å². The van der Waals surface area contributed by atoms with Crippen molar-refractivity contribution in [3.8, 4) is 23.3 Å². The number of anilines is 1. The zero-order valence-corrected chi connectivity index (χ0v) is 25.6. The van der Waals surface area contributed by atoms with Crippen LogP contribution in [-0.4, -0.2) is 54.6 Å². The molecule has 11 nitrogen and oxygen atoms in total. The molecule has 3 N–H and O–H groups in total. The molecule has 1 amide bonds. The molecule has 0 bridgehead atoms. The monoisotopic (exact) mass is 606 g/mol. The number of hydrogen-bond donors (Lipinski definition) is 2. The van der Waals surface area contributed by atoms with Gasteiger partial charge in [0.2, 0.25) is 0 Å². The lowest BCUT2D eigenvalue weighted by atomic mass is 9.90. The van der Waals surface area contributed by atoms with Gasteiger partial charge in [0.05, 0.1) is 5.69 Å². The number of carbonyl (C=O) groups excluding carboxylic acids is 1. The first kappa shape index (κ1) is 30.1. The molecular formula is C34H38N8O3. The van der Waals surface area contributed by atoms with E-state index in [4.69, 9.17) is 10.5 Å². The van der Waals surface area contributed by atoms with Crippen molar-refractivity contribution in [2.45, 2.75) is 70.0 Å². The molecule has 2 aliphatic rings. The number of nitrogen functional groups attached to an aromatic ring is 1. The minimum absolute atomic E-state index is 0.0960. The number of ether oxygens (including phenoxy) is 1. The van der Waals surface area contributed by atoms with Crippen molar-refractivity contribution in [2.75, 3.05) is 18.8 Å². The number of hydrogen-bond acceptors (Lipinski definition) is 8. The number of likely N-dealkylation sites (tertiary alicyclic amines) is 1. The maximum absolute atomic E-state index is 14.0. The van der Waals surface area contributed by atoms with Crippen molar-refractivity contribution in [2.24, 2.45) is 0 Å². The van der Waals surface area contributed by atoms with Gasteiger partial charge in [-0.15, -0.1) is 0 Å². The van der Waals surface area contributed by atoms with Gasteiger partial charge in [-0.1, -0.05) is 18.2 Å². The molecule has 2 fully saturated rings. The molecule has 232 valence electrons. The van der Waals surface area contributed by atoms with Gasteiger partial charge in [-0.2, -0.15) is 5.26 Å². The summed E-state index contributed by atoms with van der Waals surface area (Å²) in [4.78, 5) is 38.1. The standard InChI is InChI=1S/C34H38N8O3/c1-34(2,40-18-6-7-19-40)20-23(21-35)32(43)39-24-10-12-26(13-11-24)42-31-29(30(36)37-22-38-31)41(33(42)44)25-14-16-28(17-15-25)45-27-8-4-3-5-9-27/h3-5,8-9,14-17,20,22,24,26H,6-7,10-13,18-19H2,1-2H3,(H,39,43)(H2,36,37,38). The van der Waals surface area contributed by atoms with Crippen LogP contribution in [0.3, 0.4) is 0 Å². The van der Waals surface area contributed by atoms with E-state index >= 15 is 0 Å². The molecule has 2 aromatic heterocycles. The van der Waals surface area contributed by atoms with Crippen LogP contribution in [0.5, 0.6) is 11.5 Å². The van der Waals surface area contributed by atoms with Crippen LogP contribution < -0.4 is 21.5 Å². The summed E-state index contributed by atoms with van der Waals surface area (Å²) in [7, 11) is 0. The van der Waals surface area contributed by atoms with E-state index in [1.807, 2.05) is 68.4 Å². The van der Waals surface area contributed by atoms with Crippen LogP contribution in [0, 0.1) is 11.3 Å². The average Bonchev–Trinajstić information content (AvgIpc) is 3.69. The normalized spacial score (nSPS) is 19.4. The highest BCUT2D eigenvalue weighted by atomic mass is 16.5. The van der Waals surface area contributed by atoms with E-state index in [9.17, 15) is 14.9 Å². The van der Waals surface area contributed by atoms with Crippen molar-refractivity contribution >= 4 is 22.9 Å². The van der Waals surface area contributed by atoms with Gasteiger partial charge in [0, 0.05) is 17.6 Å². The van der Waals surface area contributed by atoms with E-state index in [-0.39, 0.29) is 40.6 Å². The number of nitrogens with one attached hydrogen (secondary N) is 1. The van der Waals surface area contributed by atoms with Crippen LogP contribution in [0.4, 0.5) is 5.82 Å². The zero-order chi connectivity index (χ0) is 31.6. The highest BCUT2D eigenvalue weighted by Gasteiger charge is 2.31. The molecule has 0 atom stereocenters. The lowest BCUT2D eigenvalue weighted by molar-refractivity contribution is -0.118. The van der Waals surface area contributed by atoms with E-state index in [0.717, 1.165) is 25.9 Å². The third-order valence-corrected chi connectivity index (χ3v) is 8.94. The Labute approximate surface area is 261 Å². The highest BCUT2D eigenvalue weighted by molar-refractivity contribution is 5.97. The Morgan fingerprint density at radius 2 is 1.69 bits per heavy atom. The first-order valence-electron chi connectivity index (χ1n) is 15.5. The number of aromatic nitrogens is 4. The molecule has 3 heterocycles. The van der Waals surface area contributed by atoms with Crippen molar-refractivity contribution in [1.82, 2.24) is 29.3 Å². The SMILES string of the molecule is CC(C)(C=C(C#N)C(=O)NC1CCC(n2c(=O)n(-c3ccc(Oc4ccccc4)cc3)c3c(N)ncnc32)CC1)N1CCCC1. The minimum atomic E-state index is -0.370. The smallest absolute Gasteiger partial charge is 0.335 e. The van der Waals surface area contributed by atoms with Crippen molar-refractivity contribution in [3.05, 3.63) is 83.1 Å². The Kier molecular flexibility index (Phi) is 8.41. The van der Waals surface area contributed by atoms with Gasteiger partial charge in [0.15, 0.2) is 11.5 Å². The molecule has 1 saturated carbocycles. The predicted molar refractivity (Wildman–Crippen MR) is 172 cm³/mol. The van der Waals surface area contributed by atoms with Crippen molar-refractivity contribution in [1.29, 1.82) is 5.26 Å². The Hall–Kier alpha value is -4.95. The fourth-order valence-electron chi connectivity index (χ4n) is 6.55. The molecule has 4 aromatic rings. The van der Waals surface area contributed by atoms with Crippen molar-refractivity contribution in [3.63, 3.8) is 0 Å². The first-order valence-corrected chi connectivity index (χ1v) is 15.5. The van der Waals surface area contributed by atoms with Crippen molar-refractivity contribution < 1.29 is 9.53 Å². The van der Waals surface area contributed by atoms with Gasteiger partial charge in [0.1, 0.15) is 35.0 Å². The number of carbonyl (C=O) groups is 1. The third-order valence-electron chi connectivity index (χ3n) is 8.94. The Morgan fingerprint density at radius 1 is 1.02 bits per heavy atom. The number of nitrogens with zero attached hydrogens (tertiary/aromatic N) is 6. The summed E-state index contributed by atoms with van der Waals surface area (Å²) < 4.78 is 9.18. The number of fused-ring (bicyclic) bond motifs is 1. The second-order valence-corrected chi connectivity index (χ2v) is 12.3. The molecule has 0 radical (unpaired) electrons. The van der Waals surface area contributed by atoms with Gasteiger partial charge in [-0.25, -0.2) is 14.8 Å². The molecule has 45 heavy (non-hydrogen) atoms. The van der Waals surface area contributed by atoms with Gasteiger partial charge in [0.25, 0.3) is 5.91 Å². The molecule has 11 heteroatoms. The van der Waals surface area contributed by atoms with Crippen LogP contribution in [0.25, 0.3) is 16.9 Å². The number of nitrogens with two attached hydrogens (primary N) is 1. The molecule has 1 aliphatic heterocycles. The molecule has 6 rings (SSSR count). The topological polar surface area (TPSA) is 144 Å².